The first-order chi connectivity index (χ1) is 20.9. The number of benzene rings is 2. The van der Waals surface area contributed by atoms with Crippen LogP contribution < -0.4 is 16.0 Å². The van der Waals surface area contributed by atoms with Gasteiger partial charge in [0.05, 0.1) is 5.92 Å². The molecule has 9 heteroatoms. The average molecular weight is 645 g/mol. The summed E-state index contributed by atoms with van der Waals surface area (Å²) in [7, 11) is 0. The topological polar surface area (TPSA) is 87.3 Å². The van der Waals surface area contributed by atoms with Gasteiger partial charge in [-0.25, -0.2) is 4.39 Å². The lowest BCUT2D eigenvalue weighted by Crippen LogP contribution is -2.52. The van der Waals surface area contributed by atoms with Crippen LogP contribution in [0.15, 0.2) is 84.2 Å². The van der Waals surface area contributed by atoms with Gasteiger partial charge in [-0.2, -0.15) is 0 Å². The molecule has 2 amide bonds. The number of anilines is 2. The number of hydrogen-bond acceptors (Lipinski definition) is 4. The summed E-state index contributed by atoms with van der Waals surface area (Å²) in [5.41, 5.74) is 1.78. The van der Waals surface area contributed by atoms with Crippen molar-refractivity contribution >= 4 is 52.7 Å². The van der Waals surface area contributed by atoms with Crippen molar-refractivity contribution in [1.29, 1.82) is 0 Å². The standard InChI is InChI=1S/C24H29Cl2FN2O.C9H9NO2.C2H6/c1-16(25)6-4-9-20(27)19-15-28-24(12-10-23(2,3)11-13-24)21(19)22(30)29-18-8-5-7-17(26)14-18;1-7(12)8-2-4-9(5-3-8)10-6-11;1-2/h4-9,14,19,21,28H,1,10-13,15H2,2-3H3,(H,29,30);2-6H,1H3,(H,10,11);1-2H3/b6-4-,20-9-;;. The molecule has 1 spiro atoms. The van der Waals surface area contributed by atoms with Crippen LogP contribution in [0.1, 0.15) is 70.7 Å². The highest BCUT2D eigenvalue weighted by atomic mass is 35.5. The molecule has 1 saturated carbocycles. The third-order valence-corrected chi connectivity index (χ3v) is 8.31. The molecule has 2 aliphatic rings. The van der Waals surface area contributed by atoms with E-state index in [4.69, 9.17) is 23.2 Å². The zero-order valence-electron chi connectivity index (χ0n) is 26.2. The normalized spacial score (nSPS) is 20.0. The molecule has 0 radical (unpaired) electrons. The van der Waals surface area contributed by atoms with Gasteiger partial charge in [0.15, 0.2) is 5.78 Å². The molecule has 0 bridgehead atoms. The maximum Gasteiger partial charge on any atom is 0.230 e. The average Bonchev–Trinajstić information content (AvgIpc) is 3.36. The van der Waals surface area contributed by atoms with Crippen LogP contribution in [-0.4, -0.2) is 30.2 Å². The van der Waals surface area contributed by atoms with Crippen LogP contribution in [0.2, 0.25) is 5.02 Å². The van der Waals surface area contributed by atoms with Gasteiger partial charge in [-0.05, 0) is 92.6 Å². The molecule has 0 aromatic heterocycles. The number of amides is 2. The molecule has 6 nitrogen and oxygen atoms in total. The van der Waals surface area contributed by atoms with E-state index in [1.54, 1.807) is 48.5 Å². The molecular weight excluding hydrogens is 600 g/mol. The molecule has 2 fully saturated rings. The van der Waals surface area contributed by atoms with E-state index < -0.39 is 17.4 Å². The monoisotopic (exact) mass is 643 g/mol. The van der Waals surface area contributed by atoms with E-state index in [9.17, 15) is 14.4 Å². The van der Waals surface area contributed by atoms with Crippen LogP contribution in [0.25, 0.3) is 0 Å². The molecule has 1 heterocycles. The van der Waals surface area contributed by atoms with Crippen LogP contribution in [0.5, 0.6) is 0 Å². The smallest absolute Gasteiger partial charge is 0.230 e. The molecule has 1 aliphatic carbocycles. The molecular formula is C35H44Cl2FN3O3. The van der Waals surface area contributed by atoms with Crippen LogP contribution in [-0.2, 0) is 9.59 Å². The summed E-state index contributed by atoms with van der Waals surface area (Å²) < 4.78 is 15.2. The quantitative estimate of drug-likeness (QED) is 0.152. The van der Waals surface area contributed by atoms with Gasteiger partial charge < -0.3 is 16.0 Å². The summed E-state index contributed by atoms with van der Waals surface area (Å²) in [5.74, 6) is -1.55. The predicted octanol–water partition coefficient (Wildman–Crippen LogP) is 9.10. The zero-order valence-corrected chi connectivity index (χ0v) is 27.7. The molecule has 1 saturated heterocycles. The lowest BCUT2D eigenvalue weighted by atomic mass is 9.64. The number of allylic oxidation sites excluding steroid dienone is 4. The Balaban J connectivity index is 0.000000403. The number of halogens is 3. The van der Waals surface area contributed by atoms with Gasteiger partial charge in [0.25, 0.3) is 0 Å². The molecule has 2 aromatic carbocycles. The van der Waals surface area contributed by atoms with Gasteiger partial charge in [-0.15, -0.1) is 0 Å². The third-order valence-electron chi connectivity index (χ3n) is 7.95. The largest absolute Gasteiger partial charge is 0.329 e. The summed E-state index contributed by atoms with van der Waals surface area (Å²) in [4.78, 5) is 34.3. The second-order valence-electron chi connectivity index (χ2n) is 11.5. The Kier molecular flexibility index (Phi) is 14.5. The maximum absolute atomic E-state index is 15.2. The van der Waals surface area contributed by atoms with E-state index in [0.29, 0.717) is 39.9 Å². The van der Waals surface area contributed by atoms with Gasteiger partial charge >= 0.3 is 0 Å². The van der Waals surface area contributed by atoms with Crippen LogP contribution in [0.4, 0.5) is 15.8 Å². The first kappa shape index (κ1) is 36.9. The van der Waals surface area contributed by atoms with Crippen LogP contribution >= 0.6 is 23.2 Å². The Bertz CT molecular complexity index is 1350. The summed E-state index contributed by atoms with van der Waals surface area (Å²) in [6, 6.07) is 13.7. The zero-order chi connectivity index (χ0) is 32.9. The van der Waals surface area contributed by atoms with Gasteiger partial charge in [-0.1, -0.05) is 69.6 Å². The van der Waals surface area contributed by atoms with E-state index in [1.165, 1.54) is 25.2 Å². The molecule has 2 atom stereocenters. The third kappa shape index (κ3) is 10.7. The minimum Gasteiger partial charge on any atom is -0.329 e. The fourth-order valence-electron chi connectivity index (χ4n) is 5.50. The Labute approximate surface area is 271 Å². The predicted molar refractivity (Wildman–Crippen MR) is 181 cm³/mol. The minimum atomic E-state index is -0.543. The Morgan fingerprint density at radius 3 is 2.23 bits per heavy atom. The van der Waals surface area contributed by atoms with Crippen molar-refractivity contribution in [2.75, 3.05) is 17.2 Å². The van der Waals surface area contributed by atoms with Crippen LogP contribution in [0, 0.1) is 17.3 Å². The number of rotatable bonds is 8. The molecule has 3 N–H and O–H groups in total. The number of ketones is 1. The lowest BCUT2D eigenvalue weighted by Gasteiger charge is -2.45. The highest BCUT2D eigenvalue weighted by Crippen LogP contribution is 2.49. The first-order valence-electron chi connectivity index (χ1n) is 14.9. The Hall–Kier alpha value is -3.26. The highest BCUT2D eigenvalue weighted by molar-refractivity contribution is 6.31. The van der Waals surface area contributed by atoms with Gasteiger partial charge in [0.1, 0.15) is 5.83 Å². The number of nitrogens with one attached hydrogen (secondary N) is 3. The number of Topliss-reactive ketones (excluding diaryl/α,β-unsaturated/α-hetero) is 1. The molecule has 44 heavy (non-hydrogen) atoms. The van der Waals surface area contributed by atoms with Crippen molar-refractivity contribution < 1.29 is 18.8 Å². The summed E-state index contributed by atoms with van der Waals surface area (Å²) in [5, 5.41) is 9.85. The minimum absolute atomic E-state index is 0.0210. The molecule has 4 rings (SSSR count). The molecule has 2 aromatic rings. The van der Waals surface area contributed by atoms with E-state index in [1.807, 2.05) is 13.8 Å². The fraction of sp³-hybridized carbons (Fsp3) is 0.400. The van der Waals surface area contributed by atoms with E-state index in [0.717, 1.165) is 25.7 Å². The van der Waals surface area contributed by atoms with E-state index in [-0.39, 0.29) is 22.9 Å². The first-order valence-corrected chi connectivity index (χ1v) is 15.6. The van der Waals surface area contributed by atoms with Gasteiger partial charge in [0, 0.05) is 45.0 Å². The lowest BCUT2D eigenvalue weighted by molar-refractivity contribution is -0.123. The second kappa shape index (κ2) is 17.3. The molecule has 1 aliphatic heterocycles. The summed E-state index contributed by atoms with van der Waals surface area (Å²) in [6.45, 7) is 14.0. The Morgan fingerprint density at radius 1 is 1.05 bits per heavy atom. The van der Waals surface area contributed by atoms with Crippen molar-refractivity contribution in [2.24, 2.45) is 17.3 Å². The van der Waals surface area contributed by atoms with Gasteiger partial charge in [0.2, 0.25) is 12.3 Å². The SMILES string of the molecule is C=C(Cl)/C=C\C=C(/F)C1CNC2(CCC(C)(C)CC2)C1C(=O)Nc1cccc(Cl)c1.CC.CC(=O)c1ccc(NC=O)cc1. The summed E-state index contributed by atoms with van der Waals surface area (Å²) in [6.07, 6.45) is 8.70. The molecule has 2 unspecified atom stereocenters. The van der Waals surface area contributed by atoms with Crippen molar-refractivity contribution in [3.63, 3.8) is 0 Å². The molecule has 238 valence electrons. The maximum atomic E-state index is 15.2. The fourth-order valence-corrected chi connectivity index (χ4v) is 5.76. The second-order valence-corrected chi connectivity index (χ2v) is 12.5. The van der Waals surface area contributed by atoms with Gasteiger partial charge in [-0.3, -0.25) is 14.4 Å². The Morgan fingerprint density at radius 2 is 1.68 bits per heavy atom. The van der Waals surface area contributed by atoms with Crippen LogP contribution in [0.3, 0.4) is 0 Å². The van der Waals surface area contributed by atoms with Crippen molar-refractivity contribution in [3.05, 3.63) is 94.8 Å². The number of carbonyl (C=O) groups excluding carboxylic acids is 3. The van der Waals surface area contributed by atoms with Crippen molar-refractivity contribution in [1.82, 2.24) is 5.32 Å². The van der Waals surface area contributed by atoms with Crippen molar-refractivity contribution in [2.45, 2.75) is 65.8 Å². The van der Waals surface area contributed by atoms with E-state index >= 15 is 4.39 Å². The summed E-state index contributed by atoms with van der Waals surface area (Å²) >= 11 is 11.8. The highest BCUT2D eigenvalue weighted by Gasteiger charge is 2.55. The van der Waals surface area contributed by atoms with E-state index in [2.05, 4.69) is 36.4 Å². The number of carbonyl (C=O) groups is 3. The number of hydrogen-bond donors (Lipinski definition) is 3. The van der Waals surface area contributed by atoms with Crippen molar-refractivity contribution in [3.8, 4) is 0 Å².